The maximum Gasteiger partial charge on any atom is 0.491 e. The molecule has 1 aliphatic heterocycles. The van der Waals surface area contributed by atoms with E-state index in [1.54, 1.807) is 36.4 Å². The van der Waals surface area contributed by atoms with E-state index in [4.69, 9.17) is 21.0 Å². The quantitative estimate of drug-likeness (QED) is 0.563. The molecule has 6 nitrogen and oxygen atoms in total. The monoisotopic (exact) mass is 408 g/mol. The van der Waals surface area contributed by atoms with Crippen LogP contribution in [0, 0.1) is 0 Å². The van der Waals surface area contributed by atoms with Crippen molar-refractivity contribution >= 4 is 35.9 Å². The maximum atomic E-state index is 12.0. The highest BCUT2D eigenvalue weighted by Crippen LogP contribution is 2.24. The van der Waals surface area contributed by atoms with Gasteiger partial charge in [0, 0.05) is 17.3 Å². The molecule has 0 unspecified atom stereocenters. The Morgan fingerprint density at radius 3 is 2.55 bits per heavy atom. The first-order valence-corrected chi connectivity index (χ1v) is 9.44. The van der Waals surface area contributed by atoms with Crippen molar-refractivity contribution in [3.05, 3.63) is 82.9 Å². The zero-order valence-corrected chi connectivity index (χ0v) is 16.1. The molecule has 0 saturated heterocycles. The number of fused-ring (bicyclic) bond motifs is 1. The summed E-state index contributed by atoms with van der Waals surface area (Å²) in [5.74, 6) is 1.36. The topological polar surface area (TPSA) is 79.8 Å². The van der Waals surface area contributed by atoms with Crippen LogP contribution < -0.4 is 20.8 Å². The van der Waals surface area contributed by atoms with Gasteiger partial charge in [-0.15, -0.1) is 0 Å². The van der Waals surface area contributed by atoms with Crippen molar-refractivity contribution in [2.75, 3.05) is 5.32 Å². The maximum absolute atomic E-state index is 12.0. The van der Waals surface area contributed by atoms with Gasteiger partial charge in [0.2, 0.25) is 0 Å². The van der Waals surface area contributed by atoms with Gasteiger partial charge in [0.1, 0.15) is 11.5 Å². The van der Waals surface area contributed by atoms with Crippen molar-refractivity contribution in [1.82, 2.24) is 5.32 Å². The number of hydrogen-bond donors (Lipinski definition) is 3. The van der Waals surface area contributed by atoms with Gasteiger partial charge in [0.15, 0.2) is 0 Å². The fourth-order valence-electron chi connectivity index (χ4n) is 2.97. The van der Waals surface area contributed by atoms with E-state index >= 15 is 0 Å². The van der Waals surface area contributed by atoms with Gasteiger partial charge in [-0.1, -0.05) is 29.8 Å². The average molecular weight is 409 g/mol. The summed E-state index contributed by atoms with van der Waals surface area (Å²) in [6.07, 6.45) is 0. The lowest BCUT2D eigenvalue weighted by molar-refractivity contribution is 0.251. The standard InChI is InChI=1S/C21H18BClN2O4/c23-16-3-5-17(6-4-16)25-21(26)24-12-14-1-7-18(8-2-14)29-19-9-10-20-15(11-19)13-28-22(20)27/h1-11,27H,12-13H2,(H2,24,25,26). The molecule has 146 valence electrons. The highest BCUT2D eigenvalue weighted by Gasteiger charge is 2.27. The zero-order chi connectivity index (χ0) is 20.2. The summed E-state index contributed by atoms with van der Waals surface area (Å²) in [4.78, 5) is 12.0. The lowest BCUT2D eigenvalue weighted by Crippen LogP contribution is -2.28. The predicted octanol–water partition coefficient (Wildman–Crippen LogP) is 3.67. The third-order valence-electron chi connectivity index (χ3n) is 4.49. The van der Waals surface area contributed by atoms with Gasteiger partial charge in [-0.3, -0.25) is 0 Å². The number of urea groups is 1. The van der Waals surface area contributed by atoms with E-state index in [1.165, 1.54) is 0 Å². The Labute approximate surface area is 173 Å². The summed E-state index contributed by atoms with van der Waals surface area (Å²) in [5, 5.41) is 15.8. The van der Waals surface area contributed by atoms with Crippen LogP contribution in [-0.4, -0.2) is 18.2 Å². The van der Waals surface area contributed by atoms with Gasteiger partial charge in [0.05, 0.1) is 6.61 Å². The number of ether oxygens (including phenoxy) is 1. The van der Waals surface area contributed by atoms with Gasteiger partial charge < -0.3 is 25.0 Å². The van der Waals surface area contributed by atoms with Crippen LogP contribution in [0.2, 0.25) is 5.02 Å². The van der Waals surface area contributed by atoms with E-state index in [2.05, 4.69) is 10.6 Å². The van der Waals surface area contributed by atoms with E-state index in [9.17, 15) is 9.82 Å². The molecule has 0 aromatic heterocycles. The van der Waals surface area contributed by atoms with Crippen LogP contribution in [0.5, 0.6) is 11.5 Å². The number of carbonyl (C=O) groups is 1. The molecule has 1 heterocycles. The van der Waals surface area contributed by atoms with Crippen LogP contribution >= 0.6 is 11.6 Å². The molecule has 3 N–H and O–H groups in total. The van der Waals surface area contributed by atoms with Gasteiger partial charge in [-0.25, -0.2) is 4.79 Å². The first-order valence-electron chi connectivity index (χ1n) is 9.06. The molecule has 8 heteroatoms. The molecule has 0 atom stereocenters. The lowest BCUT2D eigenvalue weighted by atomic mass is 9.80. The lowest BCUT2D eigenvalue weighted by Gasteiger charge is -2.10. The Morgan fingerprint density at radius 1 is 1.07 bits per heavy atom. The Bertz CT molecular complexity index is 1010. The van der Waals surface area contributed by atoms with Crippen LogP contribution in [0.4, 0.5) is 10.5 Å². The van der Waals surface area contributed by atoms with Crippen molar-refractivity contribution in [3.63, 3.8) is 0 Å². The van der Waals surface area contributed by atoms with Crippen LogP contribution in [0.25, 0.3) is 0 Å². The van der Waals surface area contributed by atoms with E-state index in [0.29, 0.717) is 35.4 Å². The van der Waals surface area contributed by atoms with Crippen LogP contribution in [0.15, 0.2) is 66.7 Å². The second kappa shape index (κ2) is 8.57. The number of nitrogens with one attached hydrogen (secondary N) is 2. The predicted molar refractivity (Wildman–Crippen MR) is 113 cm³/mol. The molecular formula is C21H18BClN2O4. The number of anilines is 1. The summed E-state index contributed by atoms with van der Waals surface area (Å²) in [7, 11) is -0.859. The minimum absolute atomic E-state index is 0.296. The van der Waals surface area contributed by atoms with Gasteiger partial charge in [-0.05, 0) is 65.1 Å². The number of carbonyl (C=O) groups excluding carboxylic acids is 1. The second-order valence-electron chi connectivity index (χ2n) is 6.58. The van der Waals surface area contributed by atoms with E-state index < -0.39 is 7.12 Å². The average Bonchev–Trinajstić information content (AvgIpc) is 3.09. The molecule has 0 saturated carbocycles. The molecule has 0 bridgehead atoms. The minimum atomic E-state index is -0.859. The number of hydrogen-bond acceptors (Lipinski definition) is 4. The summed E-state index contributed by atoms with van der Waals surface area (Å²) in [5.41, 5.74) is 3.30. The van der Waals surface area contributed by atoms with Gasteiger partial charge in [0.25, 0.3) is 0 Å². The van der Waals surface area contributed by atoms with Gasteiger partial charge in [-0.2, -0.15) is 0 Å². The van der Waals surface area contributed by atoms with Crippen molar-refractivity contribution in [3.8, 4) is 11.5 Å². The first kappa shape index (κ1) is 19.3. The normalized spacial score (nSPS) is 12.4. The van der Waals surface area contributed by atoms with Crippen molar-refractivity contribution in [1.29, 1.82) is 0 Å². The number of rotatable bonds is 5. The summed E-state index contributed by atoms with van der Waals surface area (Å²) >= 11 is 5.83. The molecule has 4 rings (SSSR count). The van der Waals surface area contributed by atoms with Crippen molar-refractivity contribution < 1.29 is 19.2 Å². The Balaban J connectivity index is 1.30. The molecule has 3 aromatic carbocycles. The molecule has 0 aliphatic carbocycles. The van der Waals surface area contributed by atoms with Crippen molar-refractivity contribution in [2.45, 2.75) is 13.2 Å². The number of benzene rings is 3. The van der Waals surface area contributed by atoms with Crippen LogP contribution in [-0.2, 0) is 17.8 Å². The Kier molecular flexibility index (Phi) is 5.71. The van der Waals surface area contributed by atoms with Crippen LogP contribution in [0.1, 0.15) is 11.1 Å². The largest absolute Gasteiger partial charge is 0.491 e. The summed E-state index contributed by atoms with van der Waals surface area (Å²) in [6, 6.07) is 19.5. The molecule has 0 spiro atoms. The third-order valence-corrected chi connectivity index (χ3v) is 4.74. The fourth-order valence-corrected chi connectivity index (χ4v) is 3.10. The SMILES string of the molecule is O=C(NCc1ccc(Oc2ccc3c(c2)COB3O)cc1)Nc1ccc(Cl)cc1. The van der Waals surface area contributed by atoms with E-state index in [0.717, 1.165) is 16.6 Å². The highest BCUT2D eigenvalue weighted by atomic mass is 35.5. The van der Waals surface area contributed by atoms with E-state index in [-0.39, 0.29) is 6.03 Å². The number of halogens is 1. The van der Waals surface area contributed by atoms with E-state index in [1.807, 2.05) is 30.3 Å². The molecule has 0 fully saturated rings. The molecule has 1 aliphatic rings. The Hall–Kier alpha value is -3.00. The molecule has 2 amide bonds. The fraction of sp³-hybridized carbons (Fsp3) is 0.0952. The number of amides is 2. The van der Waals surface area contributed by atoms with Gasteiger partial charge >= 0.3 is 13.1 Å². The highest BCUT2D eigenvalue weighted by molar-refractivity contribution is 6.61. The molecule has 3 aromatic rings. The first-order chi connectivity index (χ1) is 14.1. The third kappa shape index (κ3) is 4.89. The smallest absolute Gasteiger partial charge is 0.457 e. The molecular weight excluding hydrogens is 391 g/mol. The van der Waals surface area contributed by atoms with Crippen molar-refractivity contribution in [2.24, 2.45) is 0 Å². The molecule has 29 heavy (non-hydrogen) atoms. The second-order valence-corrected chi connectivity index (χ2v) is 7.02. The van der Waals surface area contributed by atoms with Crippen LogP contribution in [0.3, 0.4) is 0 Å². The minimum Gasteiger partial charge on any atom is -0.457 e. The molecule has 0 radical (unpaired) electrons. The summed E-state index contributed by atoms with van der Waals surface area (Å²) < 4.78 is 11.0. The zero-order valence-electron chi connectivity index (χ0n) is 15.4. The Morgan fingerprint density at radius 2 is 1.79 bits per heavy atom. The summed E-state index contributed by atoms with van der Waals surface area (Å²) in [6.45, 7) is 0.754.